The summed E-state index contributed by atoms with van der Waals surface area (Å²) in [4.78, 5) is 1.01. The summed E-state index contributed by atoms with van der Waals surface area (Å²) in [6.45, 7) is 4.13. The van der Waals surface area contributed by atoms with E-state index in [-0.39, 0.29) is 6.04 Å². The van der Waals surface area contributed by atoms with E-state index >= 15 is 0 Å². The van der Waals surface area contributed by atoms with Gasteiger partial charge < -0.3 is 11.1 Å². The first kappa shape index (κ1) is 15.3. The van der Waals surface area contributed by atoms with Crippen molar-refractivity contribution in [3.63, 3.8) is 0 Å². The molecule has 2 aromatic carbocycles. The molecule has 0 aliphatic rings. The minimum absolute atomic E-state index is 0.0418. The highest BCUT2D eigenvalue weighted by Crippen LogP contribution is 2.31. The van der Waals surface area contributed by atoms with Gasteiger partial charge in [-0.25, -0.2) is 0 Å². The van der Waals surface area contributed by atoms with Gasteiger partial charge in [-0.15, -0.1) is 11.8 Å². The summed E-state index contributed by atoms with van der Waals surface area (Å²) in [5.74, 6) is 0.944. The summed E-state index contributed by atoms with van der Waals surface area (Å²) in [5.41, 5.74) is 9.36. The zero-order valence-corrected chi connectivity index (χ0v) is 13.1. The third kappa shape index (κ3) is 3.50. The van der Waals surface area contributed by atoms with E-state index in [4.69, 9.17) is 5.73 Å². The molecule has 0 radical (unpaired) electrons. The van der Waals surface area contributed by atoms with E-state index in [0.29, 0.717) is 5.56 Å². The van der Waals surface area contributed by atoms with E-state index in [0.717, 1.165) is 27.6 Å². The maximum absolute atomic E-state index is 9.44. The second-order valence-electron chi connectivity index (χ2n) is 4.72. The molecule has 108 valence electrons. The fourth-order valence-electron chi connectivity index (χ4n) is 2.26. The quantitative estimate of drug-likeness (QED) is 0.633. The lowest BCUT2D eigenvalue weighted by Gasteiger charge is -2.19. The number of hydrogen-bond acceptors (Lipinski definition) is 4. The minimum atomic E-state index is 0.0418. The van der Waals surface area contributed by atoms with Gasteiger partial charge in [-0.3, -0.25) is 0 Å². The van der Waals surface area contributed by atoms with Crippen molar-refractivity contribution < 1.29 is 0 Å². The Hall–Kier alpha value is -2.12. The molecule has 1 unspecified atom stereocenters. The smallest absolute Gasteiger partial charge is 0.102 e. The predicted octanol–water partition coefficient (Wildman–Crippen LogP) is 4.43. The number of benzene rings is 2. The van der Waals surface area contributed by atoms with Crippen molar-refractivity contribution >= 4 is 23.1 Å². The highest BCUT2D eigenvalue weighted by Gasteiger charge is 2.13. The van der Waals surface area contributed by atoms with E-state index in [2.05, 4.69) is 18.3 Å². The van der Waals surface area contributed by atoms with Crippen LogP contribution in [0.4, 0.5) is 11.4 Å². The first-order valence-corrected chi connectivity index (χ1v) is 7.92. The Morgan fingerprint density at radius 2 is 2.00 bits per heavy atom. The molecule has 21 heavy (non-hydrogen) atoms. The number of para-hydroxylation sites is 1. The zero-order valence-electron chi connectivity index (χ0n) is 12.3. The maximum atomic E-state index is 9.44. The molecule has 0 aliphatic carbocycles. The summed E-state index contributed by atoms with van der Waals surface area (Å²) in [7, 11) is 0. The van der Waals surface area contributed by atoms with E-state index in [1.165, 1.54) is 0 Å². The number of rotatable bonds is 5. The van der Waals surface area contributed by atoms with Crippen molar-refractivity contribution in [3.8, 4) is 6.07 Å². The van der Waals surface area contributed by atoms with Crippen molar-refractivity contribution in [2.24, 2.45) is 0 Å². The monoisotopic (exact) mass is 297 g/mol. The fraction of sp³-hybridized carbons (Fsp3) is 0.235. The van der Waals surface area contributed by atoms with E-state index < -0.39 is 0 Å². The lowest BCUT2D eigenvalue weighted by Crippen LogP contribution is -2.10. The normalized spacial score (nSPS) is 11.7. The third-order valence-electron chi connectivity index (χ3n) is 3.27. The van der Waals surface area contributed by atoms with E-state index in [1.54, 1.807) is 11.8 Å². The van der Waals surface area contributed by atoms with E-state index in [9.17, 15) is 5.26 Å². The Labute approximate surface area is 130 Å². The molecule has 0 saturated carbocycles. The molecule has 3 N–H and O–H groups in total. The molecule has 0 saturated heterocycles. The van der Waals surface area contributed by atoms with Crippen molar-refractivity contribution in [2.45, 2.75) is 24.8 Å². The number of anilines is 2. The van der Waals surface area contributed by atoms with Crippen LogP contribution >= 0.6 is 11.8 Å². The van der Waals surface area contributed by atoms with Crippen LogP contribution in [-0.2, 0) is 0 Å². The average molecular weight is 297 g/mol. The predicted molar refractivity (Wildman–Crippen MR) is 90.4 cm³/mol. The molecule has 2 aromatic rings. The van der Waals surface area contributed by atoms with Crippen LogP contribution in [0.2, 0.25) is 0 Å². The highest BCUT2D eigenvalue weighted by molar-refractivity contribution is 7.99. The average Bonchev–Trinajstić information content (AvgIpc) is 2.48. The number of hydrogen-bond donors (Lipinski definition) is 2. The van der Waals surface area contributed by atoms with Gasteiger partial charge in [-0.05, 0) is 36.4 Å². The first-order chi connectivity index (χ1) is 10.2. The molecule has 0 aromatic heterocycles. The fourth-order valence-corrected chi connectivity index (χ4v) is 3.04. The summed E-state index contributed by atoms with van der Waals surface area (Å²) in [5, 5.41) is 12.8. The molecule has 0 spiro atoms. The third-order valence-corrected chi connectivity index (χ3v) is 4.21. The van der Waals surface area contributed by atoms with Crippen LogP contribution in [0.1, 0.15) is 31.0 Å². The standard InChI is InChI=1S/C17H19N3S/c1-3-21-17-10-6-9-16(14(17)11-18)20-12(2)13-7-4-5-8-15(13)19/h4-10,12,20H,3,19H2,1-2H3. The van der Waals surface area contributed by atoms with Gasteiger partial charge in [0.1, 0.15) is 6.07 Å². The largest absolute Gasteiger partial charge is 0.398 e. The Bertz CT molecular complexity index is 661. The van der Waals surface area contributed by atoms with Gasteiger partial charge in [0.2, 0.25) is 0 Å². The summed E-state index contributed by atoms with van der Waals surface area (Å²) in [6, 6.07) is 16.0. The number of thioether (sulfide) groups is 1. The molecular weight excluding hydrogens is 278 g/mol. The van der Waals surface area contributed by atoms with Gasteiger partial charge in [0.25, 0.3) is 0 Å². The van der Waals surface area contributed by atoms with Gasteiger partial charge in [0.05, 0.1) is 17.3 Å². The summed E-state index contributed by atoms with van der Waals surface area (Å²) >= 11 is 1.68. The van der Waals surface area contributed by atoms with Gasteiger partial charge in [-0.1, -0.05) is 31.2 Å². The summed E-state index contributed by atoms with van der Waals surface area (Å²) in [6.07, 6.45) is 0. The van der Waals surface area contributed by atoms with Gasteiger partial charge >= 0.3 is 0 Å². The number of nitriles is 1. The van der Waals surface area contributed by atoms with Crippen LogP contribution in [0.5, 0.6) is 0 Å². The second kappa shape index (κ2) is 7.05. The molecule has 0 aliphatic heterocycles. The SMILES string of the molecule is CCSc1cccc(NC(C)c2ccccc2N)c1C#N. The van der Waals surface area contributed by atoms with Gasteiger partial charge in [0.15, 0.2) is 0 Å². The second-order valence-corrected chi connectivity index (χ2v) is 6.02. The van der Waals surface area contributed by atoms with Crippen LogP contribution in [0.25, 0.3) is 0 Å². The van der Waals surface area contributed by atoms with Crippen molar-refractivity contribution in [1.29, 1.82) is 5.26 Å². The molecule has 4 heteroatoms. The van der Waals surface area contributed by atoms with Crippen LogP contribution in [0, 0.1) is 11.3 Å². The van der Waals surface area contributed by atoms with Crippen LogP contribution in [0.15, 0.2) is 47.4 Å². The molecule has 0 heterocycles. The number of nitrogen functional groups attached to an aromatic ring is 1. The highest BCUT2D eigenvalue weighted by atomic mass is 32.2. The number of nitrogens with one attached hydrogen (secondary N) is 1. The van der Waals surface area contributed by atoms with Crippen LogP contribution in [0.3, 0.4) is 0 Å². The Morgan fingerprint density at radius 1 is 1.24 bits per heavy atom. The van der Waals surface area contributed by atoms with Crippen LogP contribution < -0.4 is 11.1 Å². The Morgan fingerprint density at radius 3 is 2.67 bits per heavy atom. The molecule has 1 atom stereocenters. The molecule has 0 fully saturated rings. The number of nitrogens with zero attached hydrogens (tertiary/aromatic N) is 1. The molecule has 0 amide bonds. The summed E-state index contributed by atoms with van der Waals surface area (Å²) < 4.78 is 0. The number of nitrogens with two attached hydrogens (primary N) is 1. The zero-order chi connectivity index (χ0) is 15.2. The van der Waals surface area contributed by atoms with Gasteiger partial charge in [-0.2, -0.15) is 5.26 Å². The van der Waals surface area contributed by atoms with Crippen LogP contribution in [-0.4, -0.2) is 5.75 Å². The minimum Gasteiger partial charge on any atom is -0.398 e. The lowest BCUT2D eigenvalue weighted by atomic mass is 10.1. The van der Waals surface area contributed by atoms with E-state index in [1.807, 2.05) is 49.4 Å². The van der Waals surface area contributed by atoms with Crippen molar-refractivity contribution in [2.75, 3.05) is 16.8 Å². The van der Waals surface area contributed by atoms with Gasteiger partial charge in [0, 0.05) is 10.6 Å². The molecule has 0 bridgehead atoms. The van der Waals surface area contributed by atoms with Crippen molar-refractivity contribution in [3.05, 3.63) is 53.6 Å². The first-order valence-electron chi connectivity index (χ1n) is 6.94. The molecule has 3 nitrogen and oxygen atoms in total. The maximum Gasteiger partial charge on any atom is 0.102 e. The topological polar surface area (TPSA) is 61.8 Å². The molecular formula is C17H19N3S. The molecule has 2 rings (SSSR count). The Balaban J connectivity index is 2.30. The Kier molecular flexibility index (Phi) is 5.13. The van der Waals surface area contributed by atoms with Crippen molar-refractivity contribution in [1.82, 2.24) is 0 Å². The lowest BCUT2D eigenvalue weighted by molar-refractivity contribution is 0.886.